The molecule has 1 fully saturated rings. The highest BCUT2D eigenvalue weighted by atomic mass is 32.2. The molecule has 0 spiro atoms. The molecule has 2 unspecified atom stereocenters. The summed E-state index contributed by atoms with van der Waals surface area (Å²) in [6.45, 7) is 4.22. The maximum absolute atomic E-state index is 13.1. The zero-order valence-corrected chi connectivity index (χ0v) is 18.8. The van der Waals surface area contributed by atoms with E-state index >= 15 is 0 Å². The van der Waals surface area contributed by atoms with Crippen molar-refractivity contribution in [1.29, 1.82) is 0 Å². The first kappa shape index (κ1) is 22.5. The monoisotopic (exact) mass is 434 g/mol. The van der Waals surface area contributed by atoms with E-state index in [0.29, 0.717) is 31.6 Å². The van der Waals surface area contributed by atoms with Crippen LogP contribution >= 0.6 is 0 Å². The van der Waals surface area contributed by atoms with Crippen LogP contribution in [0.5, 0.6) is 0 Å². The van der Waals surface area contributed by atoms with E-state index in [1.165, 1.54) is 4.31 Å². The molecular weight excluding hydrogens is 404 g/mol. The van der Waals surface area contributed by atoms with Crippen molar-refractivity contribution < 1.29 is 17.7 Å². The summed E-state index contributed by atoms with van der Waals surface area (Å²) in [7, 11) is 0.204. The highest BCUT2D eigenvalue weighted by Crippen LogP contribution is 2.28. The molecule has 0 aliphatic carbocycles. The first-order valence-corrected chi connectivity index (χ1v) is 11.6. The van der Waals surface area contributed by atoms with Crippen molar-refractivity contribution in [3.8, 4) is 0 Å². The Hall–Kier alpha value is -2.23. The van der Waals surface area contributed by atoms with Crippen molar-refractivity contribution in [1.82, 2.24) is 19.7 Å². The molecule has 1 saturated heterocycles. The average Bonchev–Trinajstić information content (AvgIpc) is 3.07. The number of carbonyl (C=O) groups excluding carboxylic acids is 1. The number of hydrogen-bond acceptors (Lipinski definition) is 6. The molecule has 1 aromatic heterocycles. The van der Waals surface area contributed by atoms with Gasteiger partial charge in [0.1, 0.15) is 10.6 Å². The number of aromatic nitrogens is 1. The van der Waals surface area contributed by atoms with Crippen molar-refractivity contribution in [2.24, 2.45) is 5.92 Å². The lowest BCUT2D eigenvalue weighted by atomic mass is 9.98. The molecule has 0 saturated carbocycles. The van der Waals surface area contributed by atoms with Crippen LogP contribution in [-0.2, 0) is 14.8 Å². The van der Waals surface area contributed by atoms with Crippen molar-refractivity contribution in [2.45, 2.75) is 37.6 Å². The van der Waals surface area contributed by atoms with Gasteiger partial charge in [-0.15, -0.1) is 0 Å². The molecule has 1 amide bonds. The highest BCUT2D eigenvalue weighted by molar-refractivity contribution is 7.89. The van der Waals surface area contributed by atoms with Crippen LogP contribution in [0.3, 0.4) is 0 Å². The number of amides is 1. The summed E-state index contributed by atoms with van der Waals surface area (Å²) < 4.78 is 32.6. The van der Waals surface area contributed by atoms with Gasteiger partial charge in [-0.2, -0.15) is 4.31 Å². The molecule has 2 atom stereocenters. The van der Waals surface area contributed by atoms with E-state index in [4.69, 9.17) is 4.52 Å². The van der Waals surface area contributed by atoms with Gasteiger partial charge in [-0.3, -0.25) is 4.79 Å². The van der Waals surface area contributed by atoms with Crippen LogP contribution in [0.4, 0.5) is 0 Å². The van der Waals surface area contributed by atoms with Crippen molar-refractivity contribution in [3.05, 3.63) is 47.3 Å². The smallest absolute Gasteiger partial charge is 0.248 e. The number of likely N-dealkylation sites (N-methyl/N-ethyl adjacent to an activating group) is 1. The summed E-state index contributed by atoms with van der Waals surface area (Å²) in [6.07, 6.45) is 1.30. The number of hydrogen-bond donors (Lipinski definition) is 1. The molecule has 2 heterocycles. The maximum Gasteiger partial charge on any atom is 0.248 e. The Kier molecular flexibility index (Phi) is 6.95. The van der Waals surface area contributed by atoms with E-state index in [1.54, 1.807) is 13.8 Å². The van der Waals surface area contributed by atoms with E-state index in [9.17, 15) is 13.2 Å². The molecule has 30 heavy (non-hydrogen) atoms. The largest absolute Gasteiger partial charge is 0.360 e. The Balaban J connectivity index is 1.67. The Bertz CT molecular complexity index is 953. The molecule has 1 N–H and O–H groups in total. The zero-order chi connectivity index (χ0) is 21.9. The molecule has 1 aromatic carbocycles. The molecule has 3 rings (SSSR count). The normalized spacial score (nSPS) is 19.0. The van der Waals surface area contributed by atoms with Crippen LogP contribution in [-0.4, -0.2) is 62.4 Å². The Morgan fingerprint density at radius 1 is 1.30 bits per heavy atom. The molecule has 164 valence electrons. The molecule has 0 radical (unpaired) electrons. The van der Waals surface area contributed by atoms with Gasteiger partial charge in [0.15, 0.2) is 5.76 Å². The van der Waals surface area contributed by atoms with Gasteiger partial charge in [0.25, 0.3) is 0 Å². The fraction of sp³-hybridized carbons (Fsp3) is 0.524. The lowest BCUT2D eigenvalue weighted by molar-refractivity contribution is -0.126. The molecule has 1 aliphatic heterocycles. The third kappa shape index (κ3) is 4.74. The first-order valence-electron chi connectivity index (χ1n) is 10.1. The van der Waals surface area contributed by atoms with Gasteiger partial charge in [-0.05, 0) is 46.3 Å². The van der Waals surface area contributed by atoms with Crippen molar-refractivity contribution in [2.75, 3.05) is 33.7 Å². The van der Waals surface area contributed by atoms with Crippen LogP contribution in [0, 0.1) is 19.8 Å². The number of nitrogens with one attached hydrogen (secondary N) is 1. The fourth-order valence-electron chi connectivity index (χ4n) is 3.96. The minimum Gasteiger partial charge on any atom is -0.360 e. The number of piperidine rings is 1. The Morgan fingerprint density at radius 2 is 2.00 bits per heavy atom. The summed E-state index contributed by atoms with van der Waals surface area (Å²) in [4.78, 5) is 15.0. The van der Waals surface area contributed by atoms with Crippen LogP contribution in [0.25, 0.3) is 0 Å². The van der Waals surface area contributed by atoms with Crippen LogP contribution in [0.15, 0.2) is 39.8 Å². The molecule has 8 nitrogen and oxygen atoms in total. The van der Waals surface area contributed by atoms with Crippen molar-refractivity contribution in [3.63, 3.8) is 0 Å². The summed E-state index contributed by atoms with van der Waals surface area (Å²) >= 11 is 0. The summed E-state index contributed by atoms with van der Waals surface area (Å²) in [5.74, 6) is -0.222. The number of nitrogens with zero attached hydrogens (tertiary/aromatic N) is 3. The molecular formula is C21H30N4O4S. The third-order valence-corrected chi connectivity index (χ3v) is 7.71. The number of benzene rings is 1. The van der Waals surface area contributed by atoms with Gasteiger partial charge < -0.3 is 14.7 Å². The van der Waals surface area contributed by atoms with E-state index in [0.717, 1.165) is 5.56 Å². The lowest BCUT2D eigenvalue weighted by Crippen LogP contribution is -2.46. The van der Waals surface area contributed by atoms with Gasteiger partial charge in [0.05, 0.1) is 12.0 Å². The average molecular weight is 435 g/mol. The Morgan fingerprint density at radius 3 is 2.60 bits per heavy atom. The Labute approximate surface area is 178 Å². The second kappa shape index (κ2) is 9.28. The van der Waals surface area contributed by atoms with Crippen molar-refractivity contribution >= 4 is 15.9 Å². The molecule has 1 aliphatic rings. The molecule has 0 bridgehead atoms. The van der Waals surface area contributed by atoms with Gasteiger partial charge >= 0.3 is 0 Å². The first-order chi connectivity index (χ1) is 14.2. The highest BCUT2D eigenvalue weighted by Gasteiger charge is 2.36. The summed E-state index contributed by atoms with van der Waals surface area (Å²) in [5.41, 5.74) is 1.46. The standard InChI is InChI=1S/C21H30N4O4S/c1-15-20(16(2)29-23-15)30(27,28)25-12-8-11-18(14-25)21(26)22-13-19(24(3)4)17-9-6-5-7-10-17/h5-7,9-10,18-19H,8,11-14H2,1-4H3,(H,22,26). The lowest BCUT2D eigenvalue weighted by Gasteiger charge is -2.32. The van der Waals surface area contributed by atoms with Crippen LogP contribution in [0.1, 0.15) is 35.9 Å². The predicted octanol–water partition coefficient (Wildman–Crippen LogP) is 2.11. The van der Waals surface area contributed by atoms with E-state index in [-0.39, 0.29) is 35.1 Å². The van der Waals surface area contributed by atoms with Gasteiger partial charge in [-0.25, -0.2) is 8.42 Å². The third-order valence-electron chi connectivity index (χ3n) is 5.60. The van der Waals surface area contributed by atoms with Gasteiger partial charge in [0.2, 0.25) is 15.9 Å². The quantitative estimate of drug-likeness (QED) is 0.717. The second-order valence-corrected chi connectivity index (χ2v) is 9.87. The minimum absolute atomic E-state index is 0.0425. The number of rotatable bonds is 7. The predicted molar refractivity (Wildman–Crippen MR) is 113 cm³/mol. The van der Waals surface area contributed by atoms with E-state index < -0.39 is 10.0 Å². The fourth-order valence-corrected chi connectivity index (χ4v) is 5.78. The number of carbonyl (C=O) groups is 1. The zero-order valence-electron chi connectivity index (χ0n) is 18.0. The molecule has 2 aromatic rings. The second-order valence-electron chi connectivity index (χ2n) is 7.99. The van der Waals surface area contributed by atoms with E-state index in [2.05, 4.69) is 15.4 Å². The van der Waals surface area contributed by atoms with Gasteiger partial charge in [0, 0.05) is 19.6 Å². The van der Waals surface area contributed by atoms with E-state index in [1.807, 2.05) is 44.4 Å². The summed E-state index contributed by atoms with van der Waals surface area (Å²) in [5, 5.41) is 6.79. The van der Waals surface area contributed by atoms with Crippen LogP contribution in [0.2, 0.25) is 0 Å². The summed E-state index contributed by atoms with van der Waals surface area (Å²) in [6, 6.07) is 10.0. The maximum atomic E-state index is 13.1. The van der Waals surface area contributed by atoms with Crippen LogP contribution < -0.4 is 5.32 Å². The number of sulfonamides is 1. The minimum atomic E-state index is -3.75. The topological polar surface area (TPSA) is 95.8 Å². The molecule has 9 heteroatoms. The number of aryl methyl sites for hydroxylation is 2. The van der Waals surface area contributed by atoms with Gasteiger partial charge in [-0.1, -0.05) is 35.5 Å². The SMILES string of the molecule is Cc1noc(C)c1S(=O)(=O)N1CCCC(C(=O)NCC(c2ccccc2)N(C)C)C1.